The summed E-state index contributed by atoms with van der Waals surface area (Å²) in [7, 11) is 4.11. The summed E-state index contributed by atoms with van der Waals surface area (Å²) in [6, 6.07) is 8.32. The van der Waals surface area contributed by atoms with Crippen LogP contribution in [-0.2, 0) is 20.3 Å². The molecule has 0 aliphatic heterocycles. The Balaban J connectivity index is 1.88. The van der Waals surface area contributed by atoms with Gasteiger partial charge in [-0.3, -0.25) is 4.90 Å². The van der Waals surface area contributed by atoms with Gasteiger partial charge in [-0.15, -0.1) is 11.3 Å². The SMILES string of the molecule is Cc1nc(CN(C)Cn2c(=S)n(C)c3ccccc32)cs1. The van der Waals surface area contributed by atoms with Gasteiger partial charge in [0.15, 0.2) is 4.77 Å². The van der Waals surface area contributed by atoms with Gasteiger partial charge in [0.05, 0.1) is 28.4 Å². The second-order valence-electron chi connectivity index (χ2n) is 5.27. The Bertz CT molecular complexity index is 828. The first-order valence-electron chi connectivity index (χ1n) is 6.80. The molecule has 4 nitrogen and oxygen atoms in total. The molecule has 3 rings (SSSR count). The lowest BCUT2D eigenvalue weighted by Crippen LogP contribution is -2.22. The first-order chi connectivity index (χ1) is 10.1. The minimum absolute atomic E-state index is 0.761. The molecule has 0 radical (unpaired) electrons. The molecule has 0 unspecified atom stereocenters. The van der Waals surface area contributed by atoms with Crippen molar-refractivity contribution in [3.63, 3.8) is 0 Å². The molecule has 0 saturated carbocycles. The van der Waals surface area contributed by atoms with Crippen LogP contribution in [0.15, 0.2) is 29.6 Å². The van der Waals surface area contributed by atoms with Crippen molar-refractivity contribution in [2.75, 3.05) is 7.05 Å². The van der Waals surface area contributed by atoms with Crippen molar-refractivity contribution >= 4 is 34.6 Å². The Morgan fingerprint density at radius 1 is 1.29 bits per heavy atom. The number of benzene rings is 1. The minimum Gasteiger partial charge on any atom is -0.320 e. The fourth-order valence-corrected chi connectivity index (χ4v) is 3.41. The molecule has 2 aromatic heterocycles. The highest BCUT2D eigenvalue weighted by molar-refractivity contribution is 7.71. The summed E-state index contributed by atoms with van der Waals surface area (Å²) in [6.45, 7) is 3.63. The first kappa shape index (κ1) is 14.4. The van der Waals surface area contributed by atoms with Crippen molar-refractivity contribution in [1.82, 2.24) is 19.0 Å². The number of aromatic nitrogens is 3. The van der Waals surface area contributed by atoms with Crippen LogP contribution >= 0.6 is 23.6 Å². The summed E-state index contributed by atoms with van der Waals surface area (Å²) < 4.78 is 5.08. The fraction of sp³-hybridized carbons (Fsp3) is 0.333. The fourth-order valence-electron chi connectivity index (χ4n) is 2.55. The van der Waals surface area contributed by atoms with E-state index in [2.05, 4.69) is 49.6 Å². The molecule has 0 amide bonds. The van der Waals surface area contributed by atoms with Crippen LogP contribution in [0.1, 0.15) is 10.7 Å². The molecule has 0 saturated heterocycles. The molecule has 3 aromatic rings. The Labute approximate surface area is 133 Å². The average molecular weight is 318 g/mol. The van der Waals surface area contributed by atoms with E-state index < -0.39 is 0 Å². The van der Waals surface area contributed by atoms with Crippen LogP contribution in [0.5, 0.6) is 0 Å². The molecule has 0 spiro atoms. The molecular weight excluding hydrogens is 300 g/mol. The Morgan fingerprint density at radius 3 is 2.67 bits per heavy atom. The Morgan fingerprint density at radius 2 is 2.00 bits per heavy atom. The van der Waals surface area contributed by atoms with E-state index in [0.717, 1.165) is 28.7 Å². The number of rotatable bonds is 4. The third kappa shape index (κ3) is 2.79. The maximum absolute atomic E-state index is 5.57. The van der Waals surface area contributed by atoms with E-state index in [-0.39, 0.29) is 0 Å². The molecule has 0 aliphatic carbocycles. The van der Waals surface area contributed by atoms with E-state index >= 15 is 0 Å². The summed E-state index contributed by atoms with van der Waals surface area (Å²) >= 11 is 7.26. The topological polar surface area (TPSA) is 26.0 Å². The highest BCUT2D eigenvalue weighted by Crippen LogP contribution is 2.17. The molecule has 0 N–H and O–H groups in total. The molecule has 110 valence electrons. The highest BCUT2D eigenvalue weighted by Gasteiger charge is 2.10. The maximum Gasteiger partial charge on any atom is 0.181 e. The number of para-hydroxylation sites is 2. The van der Waals surface area contributed by atoms with Crippen molar-refractivity contribution in [2.24, 2.45) is 7.05 Å². The minimum atomic E-state index is 0.761. The molecule has 0 aliphatic rings. The van der Waals surface area contributed by atoms with Crippen molar-refractivity contribution in [3.8, 4) is 0 Å². The number of hydrogen-bond acceptors (Lipinski definition) is 4. The van der Waals surface area contributed by atoms with Crippen molar-refractivity contribution in [1.29, 1.82) is 0 Å². The van der Waals surface area contributed by atoms with E-state index in [0.29, 0.717) is 0 Å². The van der Waals surface area contributed by atoms with E-state index in [4.69, 9.17) is 12.2 Å². The largest absolute Gasteiger partial charge is 0.320 e. The Kier molecular flexibility index (Phi) is 3.93. The van der Waals surface area contributed by atoms with Crippen LogP contribution < -0.4 is 0 Å². The quantitative estimate of drug-likeness (QED) is 0.688. The zero-order valence-corrected chi connectivity index (χ0v) is 14.0. The van der Waals surface area contributed by atoms with Crippen molar-refractivity contribution in [3.05, 3.63) is 45.1 Å². The van der Waals surface area contributed by atoms with Gasteiger partial charge in [0.25, 0.3) is 0 Å². The van der Waals surface area contributed by atoms with Crippen LogP contribution in [-0.4, -0.2) is 26.1 Å². The van der Waals surface area contributed by atoms with Gasteiger partial charge in [-0.25, -0.2) is 4.98 Å². The maximum atomic E-state index is 5.57. The van der Waals surface area contributed by atoms with Gasteiger partial charge in [0.2, 0.25) is 0 Å². The van der Waals surface area contributed by atoms with E-state index in [9.17, 15) is 0 Å². The normalized spacial score (nSPS) is 11.6. The lowest BCUT2D eigenvalue weighted by Gasteiger charge is -2.16. The molecule has 0 bridgehead atoms. The summed E-state index contributed by atoms with van der Waals surface area (Å²) in [4.78, 5) is 6.75. The zero-order valence-electron chi connectivity index (χ0n) is 12.4. The van der Waals surface area contributed by atoms with Gasteiger partial charge in [-0.05, 0) is 38.3 Å². The van der Waals surface area contributed by atoms with Crippen molar-refractivity contribution in [2.45, 2.75) is 20.1 Å². The predicted octanol–water partition coefficient (Wildman–Crippen LogP) is 3.56. The molecule has 2 heterocycles. The highest BCUT2D eigenvalue weighted by atomic mass is 32.1. The Hall–Kier alpha value is -1.50. The third-order valence-corrected chi connectivity index (χ3v) is 4.85. The van der Waals surface area contributed by atoms with Crippen LogP contribution in [0.2, 0.25) is 0 Å². The molecule has 0 atom stereocenters. The van der Waals surface area contributed by atoms with Gasteiger partial charge in [-0.1, -0.05) is 12.1 Å². The zero-order chi connectivity index (χ0) is 15.0. The number of fused-ring (bicyclic) bond motifs is 1. The number of imidazole rings is 1. The van der Waals surface area contributed by atoms with Gasteiger partial charge in [-0.2, -0.15) is 0 Å². The monoisotopic (exact) mass is 318 g/mol. The lowest BCUT2D eigenvalue weighted by atomic mass is 10.3. The van der Waals surface area contributed by atoms with Gasteiger partial charge in [0, 0.05) is 19.0 Å². The second-order valence-corrected chi connectivity index (χ2v) is 6.70. The van der Waals surface area contributed by atoms with Gasteiger partial charge >= 0.3 is 0 Å². The average Bonchev–Trinajstić information content (AvgIpc) is 2.97. The van der Waals surface area contributed by atoms with Crippen LogP contribution in [0.4, 0.5) is 0 Å². The molecular formula is C15H18N4S2. The van der Waals surface area contributed by atoms with E-state index in [1.54, 1.807) is 11.3 Å². The van der Waals surface area contributed by atoms with Crippen molar-refractivity contribution < 1.29 is 0 Å². The smallest absolute Gasteiger partial charge is 0.181 e. The van der Waals surface area contributed by atoms with Crippen LogP contribution in [0.25, 0.3) is 11.0 Å². The van der Waals surface area contributed by atoms with E-state index in [1.165, 1.54) is 11.0 Å². The van der Waals surface area contributed by atoms with Crippen LogP contribution in [0, 0.1) is 11.7 Å². The molecule has 6 heteroatoms. The predicted molar refractivity (Wildman–Crippen MR) is 90.1 cm³/mol. The molecule has 0 fully saturated rings. The van der Waals surface area contributed by atoms with E-state index in [1.807, 2.05) is 20.0 Å². The summed E-state index contributed by atoms with van der Waals surface area (Å²) in [6.07, 6.45) is 0. The van der Waals surface area contributed by atoms with Gasteiger partial charge in [0.1, 0.15) is 0 Å². The second kappa shape index (κ2) is 5.71. The number of aryl methyl sites for hydroxylation is 2. The third-order valence-electron chi connectivity index (χ3n) is 3.53. The standard InChI is InChI=1S/C15H18N4S2/c1-11-16-12(9-21-11)8-17(2)10-19-14-7-5-4-6-13(14)18(3)15(19)20/h4-7,9H,8,10H2,1-3H3. The summed E-state index contributed by atoms with van der Waals surface area (Å²) in [5, 5.41) is 3.23. The molecule has 21 heavy (non-hydrogen) atoms. The lowest BCUT2D eigenvalue weighted by molar-refractivity contribution is 0.259. The van der Waals surface area contributed by atoms with Gasteiger partial charge < -0.3 is 9.13 Å². The number of thiazole rings is 1. The van der Waals surface area contributed by atoms with Crippen LogP contribution in [0.3, 0.4) is 0 Å². The summed E-state index contributed by atoms with van der Waals surface area (Å²) in [5.41, 5.74) is 3.46. The number of nitrogens with zero attached hydrogens (tertiary/aromatic N) is 4. The summed E-state index contributed by atoms with van der Waals surface area (Å²) in [5.74, 6) is 0. The number of hydrogen-bond donors (Lipinski definition) is 0. The molecule has 1 aromatic carbocycles. The first-order valence-corrected chi connectivity index (χ1v) is 8.09.